The van der Waals surface area contributed by atoms with Gasteiger partial charge >= 0.3 is 5.97 Å². The Labute approximate surface area is 156 Å². The number of halogens is 1. The second kappa shape index (κ2) is 8.88. The first-order valence-electron chi connectivity index (χ1n) is 7.79. The highest BCUT2D eigenvalue weighted by Crippen LogP contribution is 2.20. The minimum absolute atomic E-state index is 0.224. The molecule has 134 valence electrons. The van der Waals surface area contributed by atoms with Gasteiger partial charge < -0.3 is 14.8 Å². The summed E-state index contributed by atoms with van der Waals surface area (Å²) in [5.41, 5.74) is 1.60. The number of carbonyl (C=O) groups excluding carboxylic acids is 2. The fourth-order valence-corrected chi connectivity index (χ4v) is 2.29. The van der Waals surface area contributed by atoms with Crippen molar-refractivity contribution < 1.29 is 19.1 Å². The van der Waals surface area contributed by atoms with E-state index in [1.54, 1.807) is 12.1 Å². The first-order chi connectivity index (χ1) is 12.4. The van der Waals surface area contributed by atoms with Gasteiger partial charge in [-0.15, -0.1) is 0 Å². The smallest absolute Gasteiger partial charge is 0.344 e. The van der Waals surface area contributed by atoms with Gasteiger partial charge in [-0.05, 0) is 43.7 Å². The van der Waals surface area contributed by atoms with E-state index in [2.05, 4.69) is 5.32 Å². The van der Waals surface area contributed by atoms with E-state index in [9.17, 15) is 9.59 Å². The molecule has 0 heterocycles. The Bertz CT molecular complexity index is 861. The highest BCUT2D eigenvalue weighted by atomic mass is 35.5. The normalized spacial score (nSPS) is 11.2. The Morgan fingerprint density at radius 3 is 2.65 bits per heavy atom. The molecular formula is C19H17ClN2O4. The van der Waals surface area contributed by atoms with E-state index in [0.717, 1.165) is 5.56 Å². The summed E-state index contributed by atoms with van der Waals surface area (Å²) in [5, 5.41) is 11.6. The minimum atomic E-state index is -1.02. The highest BCUT2D eigenvalue weighted by molar-refractivity contribution is 6.32. The molecule has 0 aromatic heterocycles. The maximum atomic E-state index is 12.1. The van der Waals surface area contributed by atoms with Crippen LogP contribution in [0.25, 0.3) is 0 Å². The molecule has 0 aliphatic rings. The quantitative estimate of drug-likeness (QED) is 0.784. The predicted molar refractivity (Wildman–Crippen MR) is 97.0 cm³/mol. The summed E-state index contributed by atoms with van der Waals surface area (Å²) in [7, 11) is 0. The molecule has 0 saturated heterocycles. The Hall–Kier alpha value is -3.04. The van der Waals surface area contributed by atoms with Crippen molar-refractivity contribution in [3.63, 3.8) is 0 Å². The molecule has 2 rings (SSSR count). The van der Waals surface area contributed by atoms with Gasteiger partial charge in [0.2, 0.25) is 0 Å². The summed E-state index contributed by atoms with van der Waals surface area (Å²) < 4.78 is 10.4. The van der Waals surface area contributed by atoms with Crippen LogP contribution in [0.3, 0.4) is 0 Å². The molecule has 1 N–H and O–H groups in total. The molecule has 0 saturated carbocycles. The summed E-state index contributed by atoms with van der Waals surface area (Å²) in [6.45, 7) is 3.01. The lowest BCUT2D eigenvalue weighted by Crippen LogP contribution is -2.31. The molecule has 2 aromatic rings. The van der Waals surface area contributed by atoms with Crippen LogP contribution in [-0.2, 0) is 14.3 Å². The number of anilines is 1. The molecule has 0 aliphatic carbocycles. The SMILES string of the molecule is Cc1ccccc1OCC(=O)OC(C)C(=O)Nc1ccc(C#N)c(Cl)c1. The Balaban J connectivity index is 1.86. The van der Waals surface area contributed by atoms with Crippen LogP contribution in [0.15, 0.2) is 42.5 Å². The lowest BCUT2D eigenvalue weighted by molar-refractivity contribution is -0.155. The number of hydrogen-bond donors (Lipinski definition) is 1. The number of para-hydroxylation sites is 1. The van der Waals surface area contributed by atoms with Gasteiger partial charge in [0, 0.05) is 5.69 Å². The molecular weight excluding hydrogens is 356 g/mol. The zero-order valence-electron chi connectivity index (χ0n) is 14.3. The molecule has 1 amide bonds. The minimum Gasteiger partial charge on any atom is -0.482 e. The summed E-state index contributed by atoms with van der Waals surface area (Å²) >= 11 is 5.91. The van der Waals surface area contributed by atoms with E-state index in [1.807, 2.05) is 25.1 Å². The monoisotopic (exact) mass is 372 g/mol. The lowest BCUT2D eigenvalue weighted by Gasteiger charge is -2.14. The summed E-state index contributed by atoms with van der Waals surface area (Å²) in [5.74, 6) is -0.599. The zero-order chi connectivity index (χ0) is 19.1. The predicted octanol–water partition coefficient (Wildman–Crippen LogP) is 3.47. The van der Waals surface area contributed by atoms with E-state index in [0.29, 0.717) is 17.0 Å². The number of carbonyl (C=O) groups is 2. The number of hydrogen-bond acceptors (Lipinski definition) is 5. The standard InChI is InChI=1S/C19H17ClN2O4/c1-12-5-3-4-6-17(12)25-11-18(23)26-13(2)19(24)22-15-8-7-14(10-21)16(20)9-15/h3-9,13H,11H2,1-2H3,(H,22,24). The van der Waals surface area contributed by atoms with Crippen LogP contribution >= 0.6 is 11.6 Å². The van der Waals surface area contributed by atoms with E-state index in [-0.39, 0.29) is 11.6 Å². The van der Waals surface area contributed by atoms with Crippen LogP contribution in [0.4, 0.5) is 5.69 Å². The van der Waals surface area contributed by atoms with E-state index < -0.39 is 18.0 Å². The molecule has 0 spiro atoms. The van der Waals surface area contributed by atoms with Gasteiger partial charge in [0.15, 0.2) is 12.7 Å². The van der Waals surface area contributed by atoms with Gasteiger partial charge in [0.1, 0.15) is 11.8 Å². The molecule has 26 heavy (non-hydrogen) atoms. The summed E-state index contributed by atoms with van der Waals surface area (Å²) in [6, 6.07) is 13.7. The van der Waals surface area contributed by atoms with Crippen molar-refractivity contribution in [1.82, 2.24) is 0 Å². The van der Waals surface area contributed by atoms with Gasteiger partial charge in [0.25, 0.3) is 5.91 Å². The lowest BCUT2D eigenvalue weighted by atomic mass is 10.2. The maximum absolute atomic E-state index is 12.1. The number of ether oxygens (including phenoxy) is 2. The summed E-state index contributed by atoms with van der Waals surface area (Å²) in [4.78, 5) is 24.0. The number of rotatable bonds is 6. The van der Waals surface area contributed by atoms with Crippen LogP contribution < -0.4 is 10.1 Å². The number of aryl methyl sites for hydroxylation is 1. The number of nitrogens with zero attached hydrogens (tertiary/aromatic N) is 1. The average molecular weight is 373 g/mol. The molecule has 0 radical (unpaired) electrons. The second-order valence-electron chi connectivity index (χ2n) is 5.48. The number of esters is 1. The number of amides is 1. The van der Waals surface area contributed by atoms with E-state index in [1.165, 1.54) is 25.1 Å². The van der Waals surface area contributed by atoms with E-state index in [4.69, 9.17) is 26.3 Å². The van der Waals surface area contributed by atoms with Gasteiger partial charge in [0.05, 0.1) is 10.6 Å². The van der Waals surface area contributed by atoms with Gasteiger partial charge in [-0.2, -0.15) is 5.26 Å². The van der Waals surface area contributed by atoms with Gasteiger partial charge in [-0.1, -0.05) is 29.8 Å². The molecule has 0 aliphatic heterocycles. The molecule has 1 atom stereocenters. The number of nitrogens with one attached hydrogen (secondary N) is 1. The second-order valence-corrected chi connectivity index (χ2v) is 5.89. The summed E-state index contributed by atoms with van der Waals surface area (Å²) in [6.07, 6.45) is -1.02. The van der Waals surface area contributed by atoms with Crippen LogP contribution in [0.5, 0.6) is 5.75 Å². The molecule has 2 aromatic carbocycles. The van der Waals surface area contributed by atoms with Crippen LogP contribution in [0, 0.1) is 18.3 Å². The average Bonchev–Trinajstić information content (AvgIpc) is 2.61. The van der Waals surface area contributed by atoms with Crippen molar-refractivity contribution in [3.05, 3.63) is 58.6 Å². The van der Waals surface area contributed by atoms with Gasteiger partial charge in [-0.3, -0.25) is 4.79 Å². The van der Waals surface area contributed by atoms with Crippen molar-refractivity contribution in [1.29, 1.82) is 5.26 Å². The van der Waals surface area contributed by atoms with Crippen molar-refractivity contribution in [3.8, 4) is 11.8 Å². The van der Waals surface area contributed by atoms with Crippen LogP contribution in [-0.4, -0.2) is 24.6 Å². The number of nitriles is 1. The molecule has 1 unspecified atom stereocenters. The van der Waals surface area contributed by atoms with Crippen LogP contribution in [0.2, 0.25) is 5.02 Å². The Morgan fingerprint density at radius 2 is 2.00 bits per heavy atom. The first kappa shape index (κ1) is 19.3. The van der Waals surface area contributed by atoms with Crippen molar-refractivity contribution >= 4 is 29.2 Å². The van der Waals surface area contributed by atoms with Crippen molar-refractivity contribution in [2.24, 2.45) is 0 Å². The van der Waals surface area contributed by atoms with Gasteiger partial charge in [-0.25, -0.2) is 4.79 Å². The molecule has 6 nitrogen and oxygen atoms in total. The Kier molecular flexibility index (Phi) is 6.59. The third-order valence-electron chi connectivity index (χ3n) is 3.47. The third-order valence-corrected chi connectivity index (χ3v) is 3.79. The molecule has 0 bridgehead atoms. The van der Waals surface area contributed by atoms with Crippen molar-refractivity contribution in [2.75, 3.05) is 11.9 Å². The first-order valence-corrected chi connectivity index (χ1v) is 8.17. The topological polar surface area (TPSA) is 88.4 Å². The molecule has 7 heteroatoms. The fourth-order valence-electron chi connectivity index (χ4n) is 2.07. The maximum Gasteiger partial charge on any atom is 0.344 e. The van der Waals surface area contributed by atoms with Crippen LogP contribution in [0.1, 0.15) is 18.1 Å². The Morgan fingerprint density at radius 1 is 1.27 bits per heavy atom. The number of benzene rings is 2. The fraction of sp³-hybridized carbons (Fsp3) is 0.211. The largest absolute Gasteiger partial charge is 0.482 e. The molecule has 0 fully saturated rings. The van der Waals surface area contributed by atoms with E-state index >= 15 is 0 Å². The third kappa shape index (κ3) is 5.23. The van der Waals surface area contributed by atoms with Crippen molar-refractivity contribution in [2.45, 2.75) is 20.0 Å². The zero-order valence-corrected chi connectivity index (χ0v) is 15.0. The highest BCUT2D eigenvalue weighted by Gasteiger charge is 2.19.